The minimum atomic E-state index is -0.0844. The molecule has 2 rings (SSSR count). The molecule has 0 spiro atoms. The average Bonchev–Trinajstić information content (AvgIpc) is 2.96. The molecule has 7 nitrogen and oxygen atoms in total. The van der Waals surface area contributed by atoms with Gasteiger partial charge in [0.1, 0.15) is 12.2 Å². The number of aromatic nitrogens is 5. The Labute approximate surface area is 110 Å². The van der Waals surface area contributed by atoms with Crippen LogP contribution in [0.25, 0.3) is 0 Å². The van der Waals surface area contributed by atoms with Gasteiger partial charge in [0, 0.05) is 13.0 Å². The van der Waals surface area contributed by atoms with Gasteiger partial charge >= 0.3 is 0 Å². The van der Waals surface area contributed by atoms with Crippen molar-refractivity contribution in [3.8, 4) is 0 Å². The summed E-state index contributed by atoms with van der Waals surface area (Å²) in [4.78, 5) is 4.28. The number of nitrogens with two attached hydrogens (primary N) is 1. The fraction of sp³-hybridized carbons (Fsp3) is 0.600. The topological polar surface area (TPSA) is 94.5 Å². The standard InChI is InChI=1S/C10H17N7S/c1-7(2)5-17-10(12-6-13-17)3-8(15-11)9-4-14-18-16-9/h4,6-8,15H,3,5,11H2,1-2H3. The molecule has 98 valence electrons. The van der Waals surface area contributed by atoms with E-state index < -0.39 is 0 Å². The van der Waals surface area contributed by atoms with Crippen LogP contribution in [0.2, 0.25) is 0 Å². The monoisotopic (exact) mass is 267 g/mol. The molecular formula is C10H17N7S. The first kappa shape index (κ1) is 13.1. The van der Waals surface area contributed by atoms with Crippen LogP contribution in [-0.4, -0.2) is 23.5 Å². The molecule has 0 aliphatic carbocycles. The van der Waals surface area contributed by atoms with E-state index in [-0.39, 0.29) is 6.04 Å². The minimum Gasteiger partial charge on any atom is -0.271 e. The Morgan fingerprint density at radius 3 is 2.94 bits per heavy atom. The highest BCUT2D eigenvalue weighted by Crippen LogP contribution is 2.15. The maximum atomic E-state index is 5.56. The van der Waals surface area contributed by atoms with Crippen LogP contribution in [0.3, 0.4) is 0 Å². The van der Waals surface area contributed by atoms with Gasteiger partial charge in [0.15, 0.2) is 0 Å². The molecule has 0 aliphatic heterocycles. The molecule has 18 heavy (non-hydrogen) atoms. The molecule has 0 saturated carbocycles. The first-order valence-electron chi connectivity index (χ1n) is 5.81. The van der Waals surface area contributed by atoms with Crippen molar-refractivity contribution in [2.45, 2.75) is 32.9 Å². The molecule has 0 radical (unpaired) electrons. The summed E-state index contributed by atoms with van der Waals surface area (Å²) in [6.07, 6.45) is 3.94. The van der Waals surface area contributed by atoms with Gasteiger partial charge in [-0.25, -0.2) is 9.67 Å². The summed E-state index contributed by atoms with van der Waals surface area (Å²) < 4.78 is 10.1. The second-order valence-corrected chi connectivity index (χ2v) is 5.06. The highest BCUT2D eigenvalue weighted by atomic mass is 32.1. The van der Waals surface area contributed by atoms with E-state index in [9.17, 15) is 0 Å². The van der Waals surface area contributed by atoms with Gasteiger partial charge in [-0.05, 0) is 5.92 Å². The Hall–Kier alpha value is -1.38. The van der Waals surface area contributed by atoms with Crippen LogP contribution in [-0.2, 0) is 13.0 Å². The van der Waals surface area contributed by atoms with Crippen LogP contribution in [0, 0.1) is 5.92 Å². The Kier molecular flexibility index (Phi) is 4.34. The van der Waals surface area contributed by atoms with E-state index in [1.54, 1.807) is 12.5 Å². The molecule has 2 aromatic rings. The zero-order valence-corrected chi connectivity index (χ0v) is 11.3. The predicted octanol–water partition coefficient (Wildman–Crippen LogP) is 0.533. The number of nitrogens with one attached hydrogen (secondary N) is 1. The summed E-state index contributed by atoms with van der Waals surface area (Å²) in [5, 5.41) is 4.23. The van der Waals surface area contributed by atoms with Gasteiger partial charge in [-0.15, -0.1) is 0 Å². The zero-order chi connectivity index (χ0) is 13.0. The summed E-state index contributed by atoms with van der Waals surface area (Å²) in [5.74, 6) is 6.99. The van der Waals surface area contributed by atoms with Crippen molar-refractivity contribution in [2.24, 2.45) is 11.8 Å². The van der Waals surface area contributed by atoms with Gasteiger partial charge in [0.25, 0.3) is 0 Å². The summed E-state index contributed by atoms with van der Waals surface area (Å²) >= 11 is 1.17. The quantitative estimate of drug-likeness (QED) is 0.586. The van der Waals surface area contributed by atoms with E-state index in [0.717, 1.165) is 18.1 Å². The second-order valence-electron chi connectivity index (χ2n) is 4.51. The fourth-order valence-corrected chi connectivity index (χ4v) is 2.17. The number of hydrogen-bond donors (Lipinski definition) is 2. The third kappa shape index (κ3) is 3.09. The first-order chi connectivity index (χ1) is 8.70. The normalized spacial score (nSPS) is 13.1. The molecule has 0 fully saturated rings. The van der Waals surface area contributed by atoms with Crippen LogP contribution < -0.4 is 11.3 Å². The molecule has 1 unspecified atom stereocenters. The Balaban J connectivity index is 2.10. The van der Waals surface area contributed by atoms with Gasteiger partial charge in [0.2, 0.25) is 0 Å². The maximum absolute atomic E-state index is 5.56. The smallest absolute Gasteiger partial charge is 0.138 e. The fourth-order valence-electron chi connectivity index (χ4n) is 1.70. The van der Waals surface area contributed by atoms with E-state index in [4.69, 9.17) is 5.84 Å². The van der Waals surface area contributed by atoms with Gasteiger partial charge in [-0.1, -0.05) is 13.8 Å². The zero-order valence-electron chi connectivity index (χ0n) is 10.4. The highest BCUT2D eigenvalue weighted by molar-refractivity contribution is 6.99. The molecule has 3 N–H and O–H groups in total. The van der Waals surface area contributed by atoms with Crippen molar-refractivity contribution in [1.29, 1.82) is 0 Å². The lowest BCUT2D eigenvalue weighted by Gasteiger charge is -2.14. The lowest BCUT2D eigenvalue weighted by Crippen LogP contribution is -2.30. The Bertz CT molecular complexity index is 464. The van der Waals surface area contributed by atoms with Crippen LogP contribution in [0.5, 0.6) is 0 Å². The lowest BCUT2D eigenvalue weighted by molar-refractivity contribution is 0.445. The summed E-state index contributed by atoms with van der Waals surface area (Å²) in [7, 11) is 0. The van der Waals surface area contributed by atoms with Crippen LogP contribution >= 0.6 is 11.7 Å². The van der Waals surface area contributed by atoms with Crippen LogP contribution in [0.4, 0.5) is 0 Å². The molecule has 0 amide bonds. The van der Waals surface area contributed by atoms with Crippen molar-refractivity contribution in [1.82, 2.24) is 28.9 Å². The summed E-state index contributed by atoms with van der Waals surface area (Å²) in [6.45, 7) is 5.14. The van der Waals surface area contributed by atoms with Crippen LogP contribution in [0.15, 0.2) is 12.5 Å². The molecule has 1 atom stereocenters. The van der Waals surface area contributed by atoms with E-state index in [0.29, 0.717) is 12.3 Å². The van der Waals surface area contributed by atoms with E-state index in [1.165, 1.54) is 11.7 Å². The van der Waals surface area contributed by atoms with Gasteiger partial charge in [-0.2, -0.15) is 13.8 Å². The molecule has 0 saturated heterocycles. The maximum Gasteiger partial charge on any atom is 0.138 e. The minimum absolute atomic E-state index is 0.0844. The summed E-state index contributed by atoms with van der Waals surface area (Å²) in [5.41, 5.74) is 3.58. The van der Waals surface area contributed by atoms with Crippen molar-refractivity contribution in [2.75, 3.05) is 0 Å². The average molecular weight is 267 g/mol. The number of hydrogen-bond acceptors (Lipinski definition) is 7. The number of rotatable bonds is 6. The van der Waals surface area contributed by atoms with Crippen molar-refractivity contribution in [3.63, 3.8) is 0 Å². The highest BCUT2D eigenvalue weighted by Gasteiger charge is 2.17. The van der Waals surface area contributed by atoms with E-state index in [2.05, 4.69) is 38.1 Å². The Morgan fingerprint density at radius 2 is 2.33 bits per heavy atom. The summed E-state index contributed by atoms with van der Waals surface area (Å²) in [6, 6.07) is -0.0844. The van der Waals surface area contributed by atoms with Crippen molar-refractivity contribution >= 4 is 11.7 Å². The third-order valence-electron chi connectivity index (χ3n) is 2.56. The SMILES string of the molecule is CC(C)Cn1ncnc1CC(NN)c1cnsn1. The predicted molar refractivity (Wildman–Crippen MR) is 68.5 cm³/mol. The van der Waals surface area contributed by atoms with Crippen LogP contribution in [0.1, 0.15) is 31.4 Å². The molecular weight excluding hydrogens is 250 g/mol. The largest absolute Gasteiger partial charge is 0.271 e. The molecule has 2 aromatic heterocycles. The first-order valence-corrected chi connectivity index (χ1v) is 6.54. The Morgan fingerprint density at radius 1 is 1.50 bits per heavy atom. The lowest BCUT2D eigenvalue weighted by atomic mass is 10.1. The van der Waals surface area contributed by atoms with E-state index in [1.807, 2.05) is 4.68 Å². The molecule has 8 heteroatoms. The van der Waals surface area contributed by atoms with Crippen molar-refractivity contribution in [3.05, 3.63) is 24.0 Å². The molecule has 0 aromatic carbocycles. The second kappa shape index (κ2) is 5.98. The molecule has 0 aliphatic rings. The molecule has 2 heterocycles. The molecule has 0 bridgehead atoms. The van der Waals surface area contributed by atoms with Crippen molar-refractivity contribution < 1.29 is 0 Å². The van der Waals surface area contributed by atoms with Gasteiger partial charge < -0.3 is 0 Å². The van der Waals surface area contributed by atoms with Gasteiger partial charge in [0.05, 0.1) is 29.7 Å². The number of hydrazine groups is 1. The van der Waals surface area contributed by atoms with Gasteiger partial charge in [-0.3, -0.25) is 11.3 Å². The third-order valence-corrected chi connectivity index (χ3v) is 3.05. The van der Waals surface area contributed by atoms with E-state index >= 15 is 0 Å². The number of nitrogens with zero attached hydrogens (tertiary/aromatic N) is 5.